The number of ether oxygens (including phenoxy) is 1. The van der Waals surface area contributed by atoms with Gasteiger partial charge in [-0.15, -0.1) is 16.8 Å². The summed E-state index contributed by atoms with van der Waals surface area (Å²) in [5, 5.41) is 14.8. The molecule has 0 radical (unpaired) electrons. The van der Waals surface area contributed by atoms with Gasteiger partial charge in [0, 0.05) is 22.6 Å². The molecule has 4 aromatic rings. The summed E-state index contributed by atoms with van der Waals surface area (Å²) in [6.07, 6.45) is 1.77. The summed E-state index contributed by atoms with van der Waals surface area (Å²) in [4.78, 5) is 12.4. The fourth-order valence-electron chi connectivity index (χ4n) is 3.31. The minimum absolute atomic E-state index is 0.151. The van der Waals surface area contributed by atoms with Crippen molar-refractivity contribution in [2.45, 2.75) is 25.2 Å². The van der Waals surface area contributed by atoms with Crippen LogP contribution < -0.4 is 10.1 Å². The molecule has 6 nitrogen and oxygen atoms in total. The Morgan fingerprint density at radius 3 is 2.82 bits per heavy atom. The lowest BCUT2D eigenvalue weighted by molar-refractivity contribution is -0.113. The maximum atomic E-state index is 12.4. The van der Waals surface area contributed by atoms with E-state index in [9.17, 15) is 4.79 Å². The number of fused-ring (bicyclic) bond motifs is 1. The van der Waals surface area contributed by atoms with Crippen molar-refractivity contribution in [3.8, 4) is 5.75 Å². The summed E-state index contributed by atoms with van der Waals surface area (Å²) in [7, 11) is 0. The number of thioether (sulfide) groups is 1. The summed E-state index contributed by atoms with van der Waals surface area (Å²) in [6, 6.07) is 19.4. The molecule has 3 aromatic carbocycles. The summed E-state index contributed by atoms with van der Waals surface area (Å²) in [6.45, 7) is 6.51. The van der Waals surface area contributed by atoms with Gasteiger partial charge in [0.25, 0.3) is 0 Å². The first-order chi connectivity index (χ1) is 16.0. The van der Waals surface area contributed by atoms with Crippen molar-refractivity contribution in [1.29, 1.82) is 0 Å². The van der Waals surface area contributed by atoms with Crippen LogP contribution in [-0.2, 0) is 17.9 Å². The standard InChI is InChI=1S/C25H23ClN4O2S/c1-3-13-30-23(15-32-22-10-6-8-18-7-4-5-9-20(18)22)28-29-25(30)33-16-24(31)27-19-12-11-17(2)21(26)14-19/h3-12,14H,1,13,15-16H2,2H3,(H,27,31). The van der Waals surface area contributed by atoms with E-state index in [0.717, 1.165) is 22.1 Å². The topological polar surface area (TPSA) is 69.0 Å². The Morgan fingerprint density at radius 2 is 2.00 bits per heavy atom. The predicted octanol–water partition coefficient (Wildman–Crippen LogP) is 5.89. The Balaban J connectivity index is 1.42. The quantitative estimate of drug-likeness (QED) is 0.240. The van der Waals surface area contributed by atoms with Crippen LogP contribution in [0.25, 0.3) is 10.8 Å². The molecule has 1 N–H and O–H groups in total. The first kappa shape index (κ1) is 22.9. The van der Waals surface area contributed by atoms with Gasteiger partial charge in [-0.1, -0.05) is 71.9 Å². The number of benzene rings is 3. The Bertz CT molecular complexity index is 1300. The second kappa shape index (κ2) is 10.6. The zero-order chi connectivity index (χ0) is 23.2. The molecule has 0 spiro atoms. The Kier molecular flexibility index (Phi) is 7.32. The van der Waals surface area contributed by atoms with Gasteiger partial charge in [-0.25, -0.2) is 0 Å². The average molecular weight is 479 g/mol. The molecular weight excluding hydrogens is 456 g/mol. The van der Waals surface area contributed by atoms with Crippen LogP contribution in [0.4, 0.5) is 5.69 Å². The molecule has 0 aliphatic carbocycles. The van der Waals surface area contributed by atoms with E-state index in [1.807, 2.05) is 66.1 Å². The van der Waals surface area contributed by atoms with Crippen molar-refractivity contribution in [1.82, 2.24) is 14.8 Å². The monoisotopic (exact) mass is 478 g/mol. The lowest BCUT2D eigenvalue weighted by Crippen LogP contribution is -2.15. The normalized spacial score (nSPS) is 10.8. The molecule has 33 heavy (non-hydrogen) atoms. The van der Waals surface area contributed by atoms with Crippen LogP contribution >= 0.6 is 23.4 Å². The van der Waals surface area contributed by atoms with Crippen molar-refractivity contribution in [3.05, 3.63) is 89.7 Å². The Hall–Kier alpha value is -3.29. The average Bonchev–Trinajstić information content (AvgIpc) is 3.20. The van der Waals surface area contributed by atoms with Gasteiger partial charge in [-0.2, -0.15) is 0 Å². The van der Waals surface area contributed by atoms with Crippen molar-refractivity contribution in [2.24, 2.45) is 0 Å². The van der Waals surface area contributed by atoms with Gasteiger partial charge in [0.1, 0.15) is 12.4 Å². The van der Waals surface area contributed by atoms with Crippen molar-refractivity contribution in [3.63, 3.8) is 0 Å². The van der Waals surface area contributed by atoms with Gasteiger partial charge in [0.05, 0.1) is 5.75 Å². The van der Waals surface area contributed by atoms with Crippen molar-refractivity contribution < 1.29 is 9.53 Å². The molecule has 4 rings (SSSR count). The smallest absolute Gasteiger partial charge is 0.234 e. The number of rotatable bonds is 9. The molecule has 1 amide bonds. The third-order valence-electron chi connectivity index (χ3n) is 5.00. The first-order valence-corrected chi connectivity index (χ1v) is 11.7. The van der Waals surface area contributed by atoms with Gasteiger partial charge in [-0.3, -0.25) is 9.36 Å². The number of anilines is 1. The van der Waals surface area contributed by atoms with E-state index >= 15 is 0 Å². The Morgan fingerprint density at radius 1 is 1.18 bits per heavy atom. The maximum Gasteiger partial charge on any atom is 0.234 e. The molecule has 0 atom stereocenters. The fraction of sp³-hybridized carbons (Fsp3) is 0.160. The van der Waals surface area contributed by atoms with Crippen molar-refractivity contribution in [2.75, 3.05) is 11.1 Å². The van der Waals surface area contributed by atoms with E-state index in [2.05, 4.69) is 22.1 Å². The number of hydrogen-bond acceptors (Lipinski definition) is 5. The van der Waals surface area contributed by atoms with Crippen LogP contribution in [-0.4, -0.2) is 26.4 Å². The number of hydrogen-bond donors (Lipinski definition) is 1. The number of nitrogens with zero attached hydrogens (tertiary/aromatic N) is 3. The highest BCUT2D eigenvalue weighted by Crippen LogP contribution is 2.26. The van der Waals surface area contributed by atoms with E-state index in [-0.39, 0.29) is 18.3 Å². The van der Waals surface area contributed by atoms with E-state index in [1.54, 1.807) is 12.1 Å². The van der Waals surface area contributed by atoms with Gasteiger partial charge in [0.15, 0.2) is 11.0 Å². The third kappa shape index (κ3) is 5.56. The number of aromatic nitrogens is 3. The second-order valence-electron chi connectivity index (χ2n) is 7.36. The van der Waals surface area contributed by atoms with Gasteiger partial charge in [-0.05, 0) is 36.1 Å². The lowest BCUT2D eigenvalue weighted by atomic mass is 10.1. The van der Waals surface area contributed by atoms with Crippen LogP contribution in [0.1, 0.15) is 11.4 Å². The number of amides is 1. The molecule has 0 bridgehead atoms. The van der Waals surface area contributed by atoms with E-state index in [1.165, 1.54) is 11.8 Å². The molecule has 0 saturated heterocycles. The highest BCUT2D eigenvalue weighted by Gasteiger charge is 2.15. The van der Waals surface area contributed by atoms with E-state index in [4.69, 9.17) is 16.3 Å². The summed E-state index contributed by atoms with van der Waals surface area (Å²) >= 11 is 7.44. The molecule has 0 unspecified atom stereocenters. The molecule has 0 aliphatic heterocycles. The minimum atomic E-state index is -0.151. The zero-order valence-corrected chi connectivity index (χ0v) is 19.7. The van der Waals surface area contributed by atoms with Crippen molar-refractivity contribution >= 4 is 45.7 Å². The molecule has 8 heteroatoms. The largest absolute Gasteiger partial charge is 0.485 e. The molecule has 0 saturated carbocycles. The highest BCUT2D eigenvalue weighted by atomic mass is 35.5. The third-order valence-corrected chi connectivity index (χ3v) is 6.37. The van der Waals surface area contributed by atoms with Gasteiger partial charge in [0.2, 0.25) is 5.91 Å². The molecular formula is C25H23ClN4O2S. The number of nitrogens with one attached hydrogen (secondary N) is 1. The number of allylic oxidation sites excluding steroid dienone is 1. The summed E-state index contributed by atoms with van der Waals surface area (Å²) < 4.78 is 7.97. The van der Waals surface area contributed by atoms with Gasteiger partial charge < -0.3 is 10.1 Å². The van der Waals surface area contributed by atoms with E-state index < -0.39 is 0 Å². The molecule has 0 fully saturated rings. The van der Waals surface area contributed by atoms with Crippen LogP contribution in [0, 0.1) is 6.92 Å². The SMILES string of the molecule is C=CCn1c(COc2cccc3ccccc23)nnc1SCC(=O)Nc1ccc(C)c(Cl)c1. The number of carbonyl (C=O) groups is 1. The minimum Gasteiger partial charge on any atom is -0.485 e. The molecule has 1 heterocycles. The predicted molar refractivity (Wildman–Crippen MR) is 134 cm³/mol. The van der Waals surface area contributed by atoms with Crippen LogP contribution in [0.15, 0.2) is 78.5 Å². The lowest BCUT2D eigenvalue weighted by Gasteiger charge is -2.11. The molecule has 168 valence electrons. The van der Waals surface area contributed by atoms with Crippen LogP contribution in [0.2, 0.25) is 5.02 Å². The summed E-state index contributed by atoms with van der Waals surface area (Å²) in [5.41, 5.74) is 1.62. The van der Waals surface area contributed by atoms with Gasteiger partial charge >= 0.3 is 0 Å². The Labute approximate surface area is 201 Å². The maximum absolute atomic E-state index is 12.4. The number of aryl methyl sites for hydroxylation is 1. The highest BCUT2D eigenvalue weighted by molar-refractivity contribution is 7.99. The van der Waals surface area contributed by atoms with Crippen LogP contribution in [0.3, 0.4) is 0 Å². The number of halogens is 1. The molecule has 0 aliphatic rings. The van der Waals surface area contributed by atoms with Crippen LogP contribution in [0.5, 0.6) is 5.75 Å². The first-order valence-electron chi connectivity index (χ1n) is 10.4. The number of carbonyl (C=O) groups excluding carboxylic acids is 1. The second-order valence-corrected chi connectivity index (χ2v) is 8.71. The fourth-order valence-corrected chi connectivity index (χ4v) is 4.25. The molecule has 1 aromatic heterocycles. The van der Waals surface area contributed by atoms with E-state index in [0.29, 0.717) is 28.2 Å². The summed E-state index contributed by atoms with van der Waals surface area (Å²) in [5.74, 6) is 1.48. The zero-order valence-electron chi connectivity index (χ0n) is 18.1.